The summed E-state index contributed by atoms with van der Waals surface area (Å²) in [6, 6.07) is -0.113. The fourth-order valence-electron chi connectivity index (χ4n) is 0.169. The Morgan fingerprint density at radius 1 is 2.00 bits per heavy atom. The molecule has 0 bridgehead atoms. The summed E-state index contributed by atoms with van der Waals surface area (Å²) in [5, 5.41) is 10.6. The highest BCUT2D eigenvalue weighted by molar-refractivity contribution is 5.46. The maximum atomic E-state index is 9.55. The first-order chi connectivity index (χ1) is 3.31. The van der Waals surface area contributed by atoms with Gasteiger partial charge in [0.05, 0.1) is 6.61 Å². The quantitative estimate of drug-likeness (QED) is 0.455. The van der Waals surface area contributed by atoms with Crippen molar-refractivity contribution in [2.24, 2.45) is 0 Å². The van der Waals surface area contributed by atoms with Gasteiger partial charge in [0.2, 0.25) is 6.41 Å². The van der Waals surface area contributed by atoms with Crippen LogP contribution in [0.5, 0.6) is 0 Å². The first-order valence-electron chi connectivity index (χ1n) is 2.11. The van der Waals surface area contributed by atoms with Crippen molar-refractivity contribution in [1.82, 2.24) is 5.32 Å². The molecule has 1 atom stereocenters. The molecular formula is C4H9NO2. The molecule has 3 nitrogen and oxygen atoms in total. The normalized spacial score (nSPS) is 12.9. The number of hydrogen-bond donors (Lipinski definition) is 2. The minimum absolute atomic E-state index is 0.00125. The third-order valence-electron chi connectivity index (χ3n) is 0.626. The van der Waals surface area contributed by atoms with E-state index in [9.17, 15) is 4.79 Å². The molecule has 0 aromatic carbocycles. The summed E-state index contributed by atoms with van der Waals surface area (Å²) in [5.74, 6) is 0. The molecule has 0 aliphatic heterocycles. The molecule has 42 valence electrons. The molecule has 7 heavy (non-hydrogen) atoms. The molecule has 0 saturated carbocycles. The summed E-state index contributed by atoms with van der Waals surface area (Å²) in [7, 11) is 0. The second-order valence-corrected chi connectivity index (χ2v) is 1.37. The van der Waals surface area contributed by atoms with Crippen LogP contribution in [0.2, 0.25) is 0 Å². The maximum absolute atomic E-state index is 9.55. The molecule has 0 rings (SSSR count). The van der Waals surface area contributed by atoms with Crippen LogP contribution in [0.25, 0.3) is 0 Å². The molecule has 2 N–H and O–H groups in total. The second-order valence-electron chi connectivity index (χ2n) is 1.37. The Labute approximate surface area is 42.3 Å². The highest BCUT2D eigenvalue weighted by Crippen LogP contribution is 1.70. The van der Waals surface area contributed by atoms with Gasteiger partial charge in [-0.15, -0.1) is 0 Å². The second kappa shape index (κ2) is 3.61. The first kappa shape index (κ1) is 6.43. The van der Waals surface area contributed by atoms with E-state index in [1.54, 1.807) is 6.92 Å². The number of hydrogen-bond acceptors (Lipinski definition) is 2. The van der Waals surface area contributed by atoms with Gasteiger partial charge in [-0.05, 0) is 6.92 Å². The van der Waals surface area contributed by atoms with Gasteiger partial charge >= 0.3 is 0 Å². The van der Waals surface area contributed by atoms with Crippen molar-refractivity contribution in [3.63, 3.8) is 0 Å². The van der Waals surface area contributed by atoms with Crippen LogP contribution in [0.15, 0.2) is 0 Å². The molecule has 3 heteroatoms. The predicted octanol–water partition coefficient (Wildman–Crippen LogP) is -0.887. The number of carbonyl (C=O) groups is 1. The SMILES string of the molecule is C[C@@H](CO)NC=O. The van der Waals surface area contributed by atoms with Crippen LogP contribution in [-0.4, -0.2) is 24.2 Å². The number of amides is 1. The van der Waals surface area contributed by atoms with Crippen LogP contribution in [-0.2, 0) is 4.79 Å². The molecule has 0 heterocycles. The number of nitrogens with one attached hydrogen (secondary N) is 1. The minimum atomic E-state index is -0.113. The molecule has 0 unspecified atom stereocenters. The Balaban J connectivity index is 2.98. The van der Waals surface area contributed by atoms with E-state index in [4.69, 9.17) is 5.11 Å². The van der Waals surface area contributed by atoms with Gasteiger partial charge in [0.1, 0.15) is 0 Å². The average Bonchev–Trinajstić information content (AvgIpc) is 1.68. The molecule has 0 fully saturated rings. The number of aliphatic hydroxyl groups excluding tert-OH is 1. The van der Waals surface area contributed by atoms with E-state index in [0.717, 1.165) is 0 Å². The minimum Gasteiger partial charge on any atom is -0.394 e. The average molecular weight is 103 g/mol. The van der Waals surface area contributed by atoms with Gasteiger partial charge in [-0.3, -0.25) is 4.79 Å². The van der Waals surface area contributed by atoms with Gasteiger partial charge in [-0.25, -0.2) is 0 Å². The fourth-order valence-corrected chi connectivity index (χ4v) is 0.169. The maximum Gasteiger partial charge on any atom is 0.207 e. The van der Waals surface area contributed by atoms with Crippen molar-refractivity contribution in [3.05, 3.63) is 0 Å². The fraction of sp³-hybridized carbons (Fsp3) is 0.750. The van der Waals surface area contributed by atoms with Gasteiger partial charge < -0.3 is 10.4 Å². The van der Waals surface area contributed by atoms with E-state index >= 15 is 0 Å². The zero-order valence-corrected chi connectivity index (χ0v) is 4.22. The standard InChI is InChI=1S/C4H9NO2/c1-4(2-6)5-3-7/h3-4,6H,2H2,1H3,(H,5,7)/t4-/m0/s1. The highest BCUT2D eigenvalue weighted by Gasteiger charge is 1.91. The summed E-state index contributed by atoms with van der Waals surface area (Å²) in [6.45, 7) is 1.72. The zero-order chi connectivity index (χ0) is 5.70. The summed E-state index contributed by atoms with van der Waals surface area (Å²) >= 11 is 0. The van der Waals surface area contributed by atoms with Crippen LogP contribution in [0.1, 0.15) is 6.92 Å². The summed E-state index contributed by atoms with van der Waals surface area (Å²) in [6.07, 6.45) is 0.570. The molecule has 0 saturated heterocycles. The number of rotatable bonds is 3. The van der Waals surface area contributed by atoms with E-state index < -0.39 is 0 Å². The van der Waals surface area contributed by atoms with E-state index in [1.165, 1.54) is 0 Å². The summed E-state index contributed by atoms with van der Waals surface area (Å²) in [5.41, 5.74) is 0. The smallest absolute Gasteiger partial charge is 0.207 e. The van der Waals surface area contributed by atoms with E-state index in [2.05, 4.69) is 5.32 Å². The van der Waals surface area contributed by atoms with E-state index in [-0.39, 0.29) is 12.6 Å². The third-order valence-corrected chi connectivity index (χ3v) is 0.626. The number of carbonyl (C=O) groups excluding carboxylic acids is 1. The Kier molecular flexibility index (Phi) is 3.32. The van der Waals surface area contributed by atoms with Crippen molar-refractivity contribution >= 4 is 6.41 Å². The molecular weight excluding hydrogens is 94.0 g/mol. The zero-order valence-electron chi connectivity index (χ0n) is 4.22. The lowest BCUT2D eigenvalue weighted by atomic mass is 10.4. The Morgan fingerprint density at radius 2 is 2.57 bits per heavy atom. The Hall–Kier alpha value is -0.570. The highest BCUT2D eigenvalue weighted by atomic mass is 16.3. The van der Waals surface area contributed by atoms with Gasteiger partial charge in [0, 0.05) is 6.04 Å². The van der Waals surface area contributed by atoms with Gasteiger partial charge in [-0.2, -0.15) is 0 Å². The monoisotopic (exact) mass is 103 g/mol. The van der Waals surface area contributed by atoms with Crippen molar-refractivity contribution < 1.29 is 9.90 Å². The van der Waals surface area contributed by atoms with Gasteiger partial charge in [0.15, 0.2) is 0 Å². The lowest BCUT2D eigenvalue weighted by molar-refractivity contribution is -0.110. The molecule has 0 aromatic heterocycles. The lowest BCUT2D eigenvalue weighted by Crippen LogP contribution is -2.27. The van der Waals surface area contributed by atoms with Crippen LogP contribution in [0.3, 0.4) is 0 Å². The molecule has 0 aromatic rings. The van der Waals surface area contributed by atoms with Gasteiger partial charge in [-0.1, -0.05) is 0 Å². The topological polar surface area (TPSA) is 49.3 Å². The molecule has 0 spiro atoms. The third kappa shape index (κ3) is 3.26. The first-order valence-corrected chi connectivity index (χ1v) is 2.11. The van der Waals surface area contributed by atoms with Crippen molar-refractivity contribution in [3.8, 4) is 0 Å². The van der Waals surface area contributed by atoms with Crippen LogP contribution < -0.4 is 5.32 Å². The Morgan fingerprint density at radius 3 is 2.71 bits per heavy atom. The van der Waals surface area contributed by atoms with Gasteiger partial charge in [0.25, 0.3) is 0 Å². The van der Waals surface area contributed by atoms with Crippen molar-refractivity contribution in [1.29, 1.82) is 0 Å². The molecule has 0 aliphatic carbocycles. The molecule has 1 amide bonds. The van der Waals surface area contributed by atoms with E-state index in [0.29, 0.717) is 6.41 Å². The lowest BCUT2D eigenvalue weighted by Gasteiger charge is -2.01. The molecule has 0 aliphatic rings. The van der Waals surface area contributed by atoms with Crippen LogP contribution in [0, 0.1) is 0 Å². The Bertz CT molecular complexity index is 55.7. The summed E-state index contributed by atoms with van der Waals surface area (Å²) in [4.78, 5) is 9.55. The van der Waals surface area contributed by atoms with Crippen LogP contribution >= 0.6 is 0 Å². The van der Waals surface area contributed by atoms with Crippen LogP contribution in [0.4, 0.5) is 0 Å². The van der Waals surface area contributed by atoms with Crippen molar-refractivity contribution in [2.45, 2.75) is 13.0 Å². The largest absolute Gasteiger partial charge is 0.394 e. The summed E-state index contributed by atoms with van der Waals surface area (Å²) < 4.78 is 0. The predicted molar refractivity (Wildman–Crippen MR) is 25.7 cm³/mol. The number of aliphatic hydroxyl groups is 1. The van der Waals surface area contributed by atoms with Crippen molar-refractivity contribution in [2.75, 3.05) is 6.61 Å². The molecule has 0 radical (unpaired) electrons. The van der Waals surface area contributed by atoms with E-state index in [1.807, 2.05) is 0 Å².